The molecule has 0 saturated carbocycles. The topological polar surface area (TPSA) is 55.8 Å². The van der Waals surface area contributed by atoms with Gasteiger partial charge < -0.3 is 14.6 Å². The monoisotopic (exact) mass is 222 g/mol. The lowest BCUT2D eigenvalue weighted by Crippen LogP contribution is -1.98. The summed E-state index contributed by atoms with van der Waals surface area (Å²) in [5.74, 6) is 0.337. The number of carboxylic acids is 1. The van der Waals surface area contributed by atoms with Crippen LogP contribution in [0, 0.1) is 0 Å². The van der Waals surface area contributed by atoms with Crippen molar-refractivity contribution in [3.05, 3.63) is 36.1 Å². The van der Waals surface area contributed by atoms with Crippen LogP contribution in [-0.4, -0.2) is 17.7 Å². The summed E-state index contributed by atoms with van der Waals surface area (Å²) >= 11 is 0. The first-order chi connectivity index (χ1) is 7.63. The van der Waals surface area contributed by atoms with Crippen molar-refractivity contribution in [1.29, 1.82) is 0 Å². The molecule has 0 unspecified atom stereocenters. The number of rotatable bonds is 5. The van der Waals surface area contributed by atoms with Crippen LogP contribution in [0.4, 0.5) is 0 Å². The number of carbonyl (C=O) groups is 1. The molecule has 1 aromatic carbocycles. The summed E-state index contributed by atoms with van der Waals surface area (Å²) in [6.45, 7) is 3.98. The van der Waals surface area contributed by atoms with Crippen LogP contribution in [0.5, 0.6) is 11.5 Å². The van der Waals surface area contributed by atoms with Gasteiger partial charge in [-0.25, -0.2) is 4.79 Å². The molecular formula is C12H14O4. The van der Waals surface area contributed by atoms with Crippen molar-refractivity contribution in [2.24, 2.45) is 0 Å². The van der Waals surface area contributed by atoms with E-state index in [1.54, 1.807) is 24.3 Å². The van der Waals surface area contributed by atoms with E-state index in [2.05, 4.69) is 0 Å². The number of ether oxygens (including phenoxy) is 2. The lowest BCUT2D eigenvalue weighted by Gasteiger charge is -2.04. The van der Waals surface area contributed by atoms with E-state index < -0.39 is 5.97 Å². The minimum Gasteiger partial charge on any atom is -0.494 e. The maximum atomic E-state index is 10.5. The van der Waals surface area contributed by atoms with Gasteiger partial charge in [0.05, 0.1) is 12.2 Å². The van der Waals surface area contributed by atoms with Gasteiger partial charge in [-0.15, -0.1) is 0 Å². The molecule has 0 aromatic heterocycles. The van der Waals surface area contributed by atoms with Crippen LogP contribution in [0.1, 0.15) is 13.8 Å². The highest BCUT2D eigenvalue weighted by atomic mass is 16.5. The molecule has 0 aliphatic heterocycles. The second-order valence-electron chi connectivity index (χ2n) is 3.13. The third kappa shape index (κ3) is 3.65. The van der Waals surface area contributed by atoms with E-state index in [9.17, 15) is 4.79 Å². The Hall–Kier alpha value is -1.97. The standard InChI is InChI=1S/C12H14O4/c1-3-15-10-4-6-11(7-5-10)16-8-9(2)12(13)14/h4-8H,3H2,1-2H3,(H,13,14). The highest BCUT2D eigenvalue weighted by Crippen LogP contribution is 2.17. The van der Waals surface area contributed by atoms with Gasteiger partial charge in [-0.05, 0) is 38.1 Å². The minimum atomic E-state index is -0.995. The quantitative estimate of drug-likeness (QED) is 0.614. The molecule has 4 heteroatoms. The zero-order chi connectivity index (χ0) is 12.0. The van der Waals surface area contributed by atoms with E-state index in [1.165, 1.54) is 13.2 Å². The Morgan fingerprint density at radius 3 is 2.38 bits per heavy atom. The second-order valence-corrected chi connectivity index (χ2v) is 3.13. The SMILES string of the molecule is CCOc1ccc(OC=C(C)C(=O)O)cc1. The number of benzene rings is 1. The van der Waals surface area contributed by atoms with Crippen molar-refractivity contribution in [2.75, 3.05) is 6.61 Å². The Morgan fingerprint density at radius 2 is 1.88 bits per heavy atom. The molecule has 0 fully saturated rings. The van der Waals surface area contributed by atoms with Gasteiger partial charge in [-0.3, -0.25) is 0 Å². The van der Waals surface area contributed by atoms with Crippen LogP contribution in [0.3, 0.4) is 0 Å². The molecule has 0 amide bonds. The molecule has 4 nitrogen and oxygen atoms in total. The van der Waals surface area contributed by atoms with Gasteiger partial charge in [-0.1, -0.05) is 0 Å². The average molecular weight is 222 g/mol. The molecule has 16 heavy (non-hydrogen) atoms. The Labute approximate surface area is 94.1 Å². The largest absolute Gasteiger partial charge is 0.494 e. The van der Waals surface area contributed by atoms with Gasteiger partial charge in [0.2, 0.25) is 0 Å². The Morgan fingerprint density at radius 1 is 1.31 bits per heavy atom. The van der Waals surface area contributed by atoms with Crippen molar-refractivity contribution >= 4 is 5.97 Å². The van der Waals surface area contributed by atoms with Gasteiger partial charge in [0.25, 0.3) is 0 Å². The van der Waals surface area contributed by atoms with E-state index in [4.69, 9.17) is 14.6 Å². The fourth-order valence-corrected chi connectivity index (χ4v) is 0.988. The molecule has 1 aromatic rings. The average Bonchev–Trinajstić information content (AvgIpc) is 2.28. The van der Waals surface area contributed by atoms with Crippen LogP contribution in [0.15, 0.2) is 36.1 Å². The summed E-state index contributed by atoms with van der Waals surface area (Å²) < 4.78 is 10.4. The summed E-state index contributed by atoms with van der Waals surface area (Å²) in [6.07, 6.45) is 1.21. The van der Waals surface area contributed by atoms with Crippen LogP contribution in [0.2, 0.25) is 0 Å². The van der Waals surface area contributed by atoms with Crippen LogP contribution < -0.4 is 9.47 Å². The van der Waals surface area contributed by atoms with Crippen molar-refractivity contribution < 1.29 is 19.4 Å². The van der Waals surface area contributed by atoms with Gasteiger partial charge in [0.1, 0.15) is 17.8 Å². The highest BCUT2D eigenvalue weighted by Gasteiger charge is 2.00. The maximum Gasteiger partial charge on any atom is 0.334 e. The molecule has 0 aliphatic carbocycles. The Bertz CT molecular complexity index is 379. The van der Waals surface area contributed by atoms with E-state index in [-0.39, 0.29) is 5.57 Å². The summed E-state index contributed by atoms with van der Waals surface area (Å²) in [6, 6.07) is 6.97. The third-order valence-electron chi connectivity index (χ3n) is 1.84. The number of aliphatic carboxylic acids is 1. The molecule has 0 bridgehead atoms. The lowest BCUT2D eigenvalue weighted by molar-refractivity contribution is -0.132. The van der Waals surface area contributed by atoms with Crippen molar-refractivity contribution in [3.8, 4) is 11.5 Å². The second kappa shape index (κ2) is 5.80. The van der Waals surface area contributed by atoms with E-state index in [0.717, 1.165) is 5.75 Å². The molecule has 0 atom stereocenters. The van der Waals surface area contributed by atoms with Gasteiger partial charge in [0, 0.05) is 0 Å². The van der Waals surface area contributed by atoms with Crippen molar-refractivity contribution in [1.82, 2.24) is 0 Å². The molecular weight excluding hydrogens is 208 g/mol. The zero-order valence-electron chi connectivity index (χ0n) is 9.27. The first kappa shape index (κ1) is 12.1. The molecule has 1 N–H and O–H groups in total. The van der Waals surface area contributed by atoms with Crippen molar-refractivity contribution in [2.45, 2.75) is 13.8 Å². The van der Waals surface area contributed by atoms with Gasteiger partial charge in [0.15, 0.2) is 0 Å². The Kier molecular flexibility index (Phi) is 4.39. The Balaban J connectivity index is 2.62. The molecule has 0 radical (unpaired) electrons. The first-order valence-corrected chi connectivity index (χ1v) is 4.93. The van der Waals surface area contributed by atoms with Gasteiger partial charge >= 0.3 is 5.97 Å². The molecule has 86 valence electrons. The smallest absolute Gasteiger partial charge is 0.334 e. The summed E-state index contributed by atoms with van der Waals surface area (Å²) in [5.41, 5.74) is 0.147. The predicted octanol–water partition coefficient (Wildman–Crippen LogP) is 2.45. The van der Waals surface area contributed by atoms with Crippen LogP contribution in [-0.2, 0) is 4.79 Å². The normalized spacial score (nSPS) is 11.0. The molecule has 0 heterocycles. The fraction of sp³-hybridized carbons (Fsp3) is 0.250. The fourth-order valence-electron chi connectivity index (χ4n) is 0.988. The van der Waals surface area contributed by atoms with Crippen LogP contribution >= 0.6 is 0 Å². The van der Waals surface area contributed by atoms with E-state index in [0.29, 0.717) is 12.4 Å². The predicted molar refractivity (Wildman–Crippen MR) is 59.6 cm³/mol. The summed E-state index contributed by atoms with van der Waals surface area (Å²) in [5, 5.41) is 8.61. The molecule has 0 spiro atoms. The first-order valence-electron chi connectivity index (χ1n) is 4.93. The zero-order valence-corrected chi connectivity index (χ0v) is 9.27. The maximum absolute atomic E-state index is 10.5. The third-order valence-corrected chi connectivity index (χ3v) is 1.84. The number of hydrogen-bond acceptors (Lipinski definition) is 3. The summed E-state index contributed by atoms with van der Waals surface area (Å²) in [4.78, 5) is 10.5. The lowest BCUT2D eigenvalue weighted by atomic mass is 10.3. The van der Waals surface area contributed by atoms with Crippen molar-refractivity contribution in [3.63, 3.8) is 0 Å². The molecule has 1 rings (SSSR count). The number of carboxylic acid groups (broad SMARTS) is 1. The van der Waals surface area contributed by atoms with E-state index >= 15 is 0 Å². The molecule has 0 aliphatic rings. The molecule has 0 saturated heterocycles. The minimum absolute atomic E-state index is 0.147. The van der Waals surface area contributed by atoms with E-state index in [1.807, 2.05) is 6.92 Å². The van der Waals surface area contributed by atoms with Gasteiger partial charge in [-0.2, -0.15) is 0 Å². The number of hydrogen-bond donors (Lipinski definition) is 1. The summed E-state index contributed by atoms with van der Waals surface area (Å²) in [7, 11) is 0. The van der Waals surface area contributed by atoms with Crippen LogP contribution in [0.25, 0.3) is 0 Å². The highest BCUT2D eigenvalue weighted by molar-refractivity contribution is 5.85.